The third-order valence-corrected chi connectivity index (χ3v) is 5.34. The molecule has 124 valence electrons. The van der Waals surface area contributed by atoms with E-state index in [4.69, 9.17) is 4.74 Å². The summed E-state index contributed by atoms with van der Waals surface area (Å²) in [6, 6.07) is 6.32. The Hall–Kier alpha value is -2.25. The molecule has 0 saturated heterocycles. The van der Waals surface area contributed by atoms with Crippen LogP contribution in [-0.2, 0) is 16.0 Å². The Kier molecular flexibility index (Phi) is 3.82. The predicted molar refractivity (Wildman–Crippen MR) is 90.6 cm³/mol. The average molecular weight is 345 g/mol. The van der Waals surface area contributed by atoms with E-state index in [1.807, 2.05) is 18.4 Å². The summed E-state index contributed by atoms with van der Waals surface area (Å²) in [5.74, 6) is -0.469. The summed E-state index contributed by atoms with van der Waals surface area (Å²) in [7, 11) is 0. The van der Waals surface area contributed by atoms with Crippen LogP contribution in [0.25, 0.3) is 10.9 Å². The summed E-state index contributed by atoms with van der Waals surface area (Å²) in [6.45, 7) is 2.47. The molecule has 0 radical (unpaired) electrons. The minimum absolute atomic E-state index is 0.170. The molecule has 2 unspecified atom stereocenters. The van der Waals surface area contributed by atoms with Gasteiger partial charge >= 0.3 is 0 Å². The summed E-state index contributed by atoms with van der Waals surface area (Å²) >= 11 is 1.70. The highest BCUT2D eigenvalue weighted by Crippen LogP contribution is 2.36. The number of carbonyl (C=O) groups is 1. The van der Waals surface area contributed by atoms with Crippen LogP contribution in [-0.4, -0.2) is 22.7 Å². The van der Waals surface area contributed by atoms with Gasteiger partial charge in [-0.1, -0.05) is 6.92 Å². The number of nitrogens with one attached hydrogen (secondary N) is 2. The number of carbonyl (C=O) groups excluding carboxylic acids is 1. The summed E-state index contributed by atoms with van der Waals surface area (Å²) in [4.78, 5) is 13.9. The number of amides is 1. The number of aromatic amines is 1. The van der Waals surface area contributed by atoms with Gasteiger partial charge in [0.15, 0.2) is 5.82 Å². The zero-order valence-corrected chi connectivity index (χ0v) is 13.8. The van der Waals surface area contributed by atoms with E-state index in [0.29, 0.717) is 23.3 Å². The monoisotopic (exact) mass is 345 g/mol. The van der Waals surface area contributed by atoms with Crippen molar-refractivity contribution in [2.75, 3.05) is 11.9 Å². The van der Waals surface area contributed by atoms with E-state index in [2.05, 4.69) is 15.5 Å². The van der Waals surface area contributed by atoms with Crippen LogP contribution in [0.1, 0.15) is 23.5 Å². The molecule has 0 bridgehead atoms. The zero-order valence-electron chi connectivity index (χ0n) is 13.0. The SMILES string of the molecule is CC(C(=O)Nc1n[nH]c2cc(F)ccc12)C1OCCc2sccc21. The molecule has 7 heteroatoms. The van der Waals surface area contributed by atoms with E-state index in [-0.39, 0.29) is 23.7 Å². The summed E-state index contributed by atoms with van der Waals surface area (Å²) in [6.07, 6.45) is 0.649. The predicted octanol–water partition coefficient (Wildman–Crippen LogP) is 3.65. The number of rotatable bonds is 3. The van der Waals surface area contributed by atoms with Crippen LogP contribution in [0, 0.1) is 11.7 Å². The molecule has 3 aromatic rings. The van der Waals surface area contributed by atoms with Gasteiger partial charge in [-0.05, 0) is 35.2 Å². The number of thiophene rings is 1. The molecule has 2 aromatic heterocycles. The number of hydrogen-bond donors (Lipinski definition) is 2. The molecule has 1 aromatic carbocycles. The summed E-state index contributed by atoms with van der Waals surface area (Å²) < 4.78 is 19.1. The fraction of sp³-hybridized carbons (Fsp3) is 0.294. The number of benzene rings is 1. The maximum absolute atomic E-state index is 13.2. The third kappa shape index (κ3) is 2.59. The molecule has 5 nitrogen and oxygen atoms in total. The minimum Gasteiger partial charge on any atom is -0.372 e. The molecule has 1 aliphatic rings. The van der Waals surface area contributed by atoms with E-state index in [1.165, 1.54) is 17.0 Å². The number of ether oxygens (including phenoxy) is 1. The van der Waals surface area contributed by atoms with Gasteiger partial charge in [0.25, 0.3) is 0 Å². The van der Waals surface area contributed by atoms with Crippen molar-refractivity contribution >= 4 is 34.0 Å². The molecule has 2 atom stereocenters. The fourth-order valence-electron chi connectivity index (χ4n) is 3.04. The van der Waals surface area contributed by atoms with Gasteiger partial charge in [0, 0.05) is 16.7 Å². The fourth-order valence-corrected chi connectivity index (χ4v) is 3.94. The van der Waals surface area contributed by atoms with E-state index >= 15 is 0 Å². The molecule has 0 spiro atoms. The Morgan fingerprint density at radius 1 is 1.50 bits per heavy atom. The zero-order chi connectivity index (χ0) is 16.7. The van der Waals surface area contributed by atoms with E-state index in [9.17, 15) is 9.18 Å². The lowest BCUT2D eigenvalue weighted by Gasteiger charge is -2.27. The van der Waals surface area contributed by atoms with Crippen molar-refractivity contribution in [2.45, 2.75) is 19.4 Å². The van der Waals surface area contributed by atoms with E-state index in [1.54, 1.807) is 17.4 Å². The Morgan fingerprint density at radius 3 is 3.25 bits per heavy atom. The highest BCUT2D eigenvalue weighted by Gasteiger charge is 2.31. The molecule has 3 heterocycles. The van der Waals surface area contributed by atoms with Crippen LogP contribution < -0.4 is 5.32 Å². The number of aromatic nitrogens is 2. The first-order chi connectivity index (χ1) is 11.6. The van der Waals surface area contributed by atoms with Crippen molar-refractivity contribution in [3.8, 4) is 0 Å². The van der Waals surface area contributed by atoms with Crippen molar-refractivity contribution in [1.82, 2.24) is 10.2 Å². The van der Waals surface area contributed by atoms with Crippen LogP contribution >= 0.6 is 11.3 Å². The first-order valence-electron chi connectivity index (χ1n) is 7.76. The number of H-pyrrole nitrogens is 1. The summed E-state index contributed by atoms with van der Waals surface area (Å²) in [5, 5.41) is 12.3. The molecule has 0 aliphatic carbocycles. The lowest BCUT2D eigenvalue weighted by molar-refractivity contribution is -0.125. The minimum atomic E-state index is -0.356. The van der Waals surface area contributed by atoms with Gasteiger partial charge in [0.2, 0.25) is 5.91 Å². The van der Waals surface area contributed by atoms with Crippen LogP contribution in [0.3, 0.4) is 0 Å². The van der Waals surface area contributed by atoms with Crippen molar-refractivity contribution < 1.29 is 13.9 Å². The van der Waals surface area contributed by atoms with Crippen molar-refractivity contribution in [2.24, 2.45) is 5.92 Å². The highest BCUT2D eigenvalue weighted by molar-refractivity contribution is 7.10. The number of hydrogen-bond acceptors (Lipinski definition) is 4. The number of fused-ring (bicyclic) bond motifs is 2. The second-order valence-electron chi connectivity index (χ2n) is 5.88. The first kappa shape index (κ1) is 15.3. The standard InChI is InChI=1S/C17H16FN3O2S/c1-9(15-12-5-7-24-14(12)4-6-23-15)17(22)19-16-11-3-2-10(18)8-13(11)20-21-16/h2-3,5,7-9,15H,4,6H2,1H3,(H2,19,20,21,22). The summed E-state index contributed by atoms with van der Waals surface area (Å²) in [5.41, 5.74) is 1.65. The molecule has 24 heavy (non-hydrogen) atoms. The molecule has 4 rings (SSSR count). The van der Waals surface area contributed by atoms with Gasteiger partial charge < -0.3 is 10.1 Å². The topological polar surface area (TPSA) is 67.0 Å². The molecule has 1 amide bonds. The maximum Gasteiger partial charge on any atom is 0.231 e. The van der Waals surface area contributed by atoms with Crippen LogP contribution in [0.2, 0.25) is 0 Å². The van der Waals surface area contributed by atoms with Crippen LogP contribution in [0.4, 0.5) is 10.2 Å². The van der Waals surface area contributed by atoms with Crippen molar-refractivity contribution in [1.29, 1.82) is 0 Å². The van der Waals surface area contributed by atoms with Crippen LogP contribution in [0.15, 0.2) is 29.6 Å². The quantitative estimate of drug-likeness (QED) is 0.761. The van der Waals surface area contributed by atoms with Gasteiger partial charge in [-0.3, -0.25) is 9.89 Å². The molecular formula is C17H16FN3O2S. The Labute approximate surface area is 141 Å². The Morgan fingerprint density at radius 2 is 2.38 bits per heavy atom. The van der Waals surface area contributed by atoms with Gasteiger partial charge in [-0.2, -0.15) is 5.10 Å². The smallest absolute Gasteiger partial charge is 0.231 e. The van der Waals surface area contributed by atoms with E-state index < -0.39 is 0 Å². The number of halogens is 1. The van der Waals surface area contributed by atoms with Crippen LogP contribution in [0.5, 0.6) is 0 Å². The second-order valence-corrected chi connectivity index (χ2v) is 6.88. The molecule has 0 saturated carbocycles. The van der Waals surface area contributed by atoms with Crippen molar-refractivity contribution in [3.63, 3.8) is 0 Å². The average Bonchev–Trinajstić information content (AvgIpc) is 3.20. The second kappa shape index (κ2) is 5.99. The Balaban J connectivity index is 1.56. The molecular weight excluding hydrogens is 329 g/mol. The van der Waals surface area contributed by atoms with E-state index in [0.717, 1.165) is 12.0 Å². The largest absolute Gasteiger partial charge is 0.372 e. The van der Waals surface area contributed by atoms with Gasteiger partial charge in [0.1, 0.15) is 5.82 Å². The lowest BCUT2D eigenvalue weighted by atomic mass is 9.94. The Bertz CT molecular complexity index is 904. The molecule has 0 fully saturated rings. The van der Waals surface area contributed by atoms with Gasteiger partial charge in [-0.25, -0.2) is 4.39 Å². The number of anilines is 1. The molecule has 2 N–H and O–H groups in total. The lowest BCUT2D eigenvalue weighted by Crippen LogP contribution is -2.30. The van der Waals surface area contributed by atoms with Gasteiger partial charge in [0.05, 0.1) is 24.1 Å². The normalized spacial score (nSPS) is 18.3. The highest BCUT2D eigenvalue weighted by atomic mass is 32.1. The van der Waals surface area contributed by atoms with Gasteiger partial charge in [-0.15, -0.1) is 11.3 Å². The van der Waals surface area contributed by atoms with Crippen molar-refractivity contribution in [3.05, 3.63) is 45.9 Å². The molecule has 1 aliphatic heterocycles. The first-order valence-corrected chi connectivity index (χ1v) is 8.64. The maximum atomic E-state index is 13.2. The third-order valence-electron chi connectivity index (χ3n) is 4.35. The number of nitrogens with zero attached hydrogens (tertiary/aromatic N) is 1.